The maximum absolute atomic E-state index is 12.5. The summed E-state index contributed by atoms with van der Waals surface area (Å²) in [6.45, 7) is 5.43. The lowest BCUT2D eigenvalue weighted by Crippen LogP contribution is -2.23. The molecule has 0 aromatic heterocycles. The molecule has 3 aromatic carbocycles. The first-order valence-electron chi connectivity index (χ1n) is 9.74. The first-order valence-corrected chi connectivity index (χ1v) is 11.2. The summed E-state index contributed by atoms with van der Waals surface area (Å²) in [6.07, 6.45) is 0. The highest BCUT2D eigenvalue weighted by Crippen LogP contribution is 2.18. The minimum absolute atomic E-state index is 0.0791. The van der Waals surface area contributed by atoms with E-state index in [9.17, 15) is 18.0 Å². The van der Waals surface area contributed by atoms with Crippen LogP contribution in [0.15, 0.2) is 71.6 Å². The van der Waals surface area contributed by atoms with E-state index in [0.717, 1.165) is 16.8 Å². The van der Waals surface area contributed by atoms with E-state index in [1.807, 2.05) is 32.0 Å². The molecule has 0 atom stereocenters. The third-order valence-electron chi connectivity index (χ3n) is 4.88. The van der Waals surface area contributed by atoms with Gasteiger partial charge in [-0.25, -0.2) is 13.1 Å². The van der Waals surface area contributed by atoms with E-state index in [1.165, 1.54) is 31.2 Å². The average molecular weight is 437 g/mol. The van der Waals surface area contributed by atoms with Crippen molar-refractivity contribution in [2.24, 2.45) is 0 Å². The van der Waals surface area contributed by atoms with Crippen LogP contribution in [-0.2, 0) is 16.6 Å². The van der Waals surface area contributed by atoms with Crippen LogP contribution in [0, 0.1) is 13.8 Å². The summed E-state index contributed by atoms with van der Waals surface area (Å²) in [5.41, 5.74) is 4.50. The number of benzene rings is 3. The summed E-state index contributed by atoms with van der Waals surface area (Å²) in [7, 11) is -3.72. The highest BCUT2D eigenvalue weighted by molar-refractivity contribution is 7.89. The summed E-state index contributed by atoms with van der Waals surface area (Å²) < 4.78 is 27.4. The molecule has 1 amide bonds. The number of sulfonamides is 1. The normalized spacial score (nSPS) is 11.2. The van der Waals surface area contributed by atoms with Crippen molar-refractivity contribution < 1.29 is 18.0 Å². The molecule has 0 saturated carbocycles. The fourth-order valence-electron chi connectivity index (χ4n) is 3.05. The van der Waals surface area contributed by atoms with E-state index in [0.29, 0.717) is 16.7 Å². The number of carbonyl (C=O) groups is 2. The summed E-state index contributed by atoms with van der Waals surface area (Å²) >= 11 is 0. The molecule has 0 bridgehead atoms. The van der Waals surface area contributed by atoms with Crippen LogP contribution < -0.4 is 10.0 Å². The summed E-state index contributed by atoms with van der Waals surface area (Å²) in [5.74, 6) is -0.358. The second kappa shape index (κ2) is 9.24. The number of Topliss-reactive ketones (excluding diaryl/α,β-unsaturated/α-hetero) is 1. The van der Waals surface area contributed by atoms with Gasteiger partial charge in [0.15, 0.2) is 5.78 Å². The third-order valence-corrected chi connectivity index (χ3v) is 6.30. The van der Waals surface area contributed by atoms with Crippen LogP contribution in [0.3, 0.4) is 0 Å². The van der Waals surface area contributed by atoms with Crippen LogP contribution in [0.4, 0.5) is 5.69 Å². The van der Waals surface area contributed by atoms with E-state index < -0.39 is 10.0 Å². The molecule has 0 aliphatic heterocycles. The molecule has 7 heteroatoms. The molecular weight excluding hydrogens is 412 g/mol. The first-order chi connectivity index (χ1) is 14.7. The lowest BCUT2D eigenvalue weighted by molar-refractivity contribution is 0.101. The Morgan fingerprint density at radius 3 is 2.03 bits per heavy atom. The number of hydrogen-bond acceptors (Lipinski definition) is 4. The largest absolute Gasteiger partial charge is 0.322 e. The Kier molecular flexibility index (Phi) is 6.68. The number of amides is 1. The van der Waals surface area contributed by atoms with E-state index in [1.54, 1.807) is 24.3 Å². The number of ketones is 1. The van der Waals surface area contributed by atoms with Crippen molar-refractivity contribution in [1.29, 1.82) is 0 Å². The molecule has 3 rings (SSSR count). The van der Waals surface area contributed by atoms with Gasteiger partial charge in [-0.05, 0) is 62.2 Å². The van der Waals surface area contributed by atoms with Crippen LogP contribution >= 0.6 is 0 Å². The number of hydrogen-bond donors (Lipinski definition) is 2. The first kappa shape index (κ1) is 22.4. The van der Waals surface area contributed by atoms with Gasteiger partial charge < -0.3 is 5.32 Å². The van der Waals surface area contributed by atoms with Crippen LogP contribution in [0.25, 0.3) is 0 Å². The minimum atomic E-state index is -3.72. The van der Waals surface area contributed by atoms with Crippen molar-refractivity contribution in [3.05, 3.63) is 94.5 Å². The van der Waals surface area contributed by atoms with Gasteiger partial charge in [0.25, 0.3) is 5.91 Å². The molecule has 31 heavy (non-hydrogen) atoms. The lowest BCUT2D eigenvalue weighted by atomic mass is 10.1. The van der Waals surface area contributed by atoms with Gasteiger partial charge in [0.05, 0.1) is 4.90 Å². The molecule has 0 saturated heterocycles. The average Bonchev–Trinajstić information content (AvgIpc) is 2.74. The molecule has 0 heterocycles. The predicted molar refractivity (Wildman–Crippen MR) is 121 cm³/mol. The Morgan fingerprint density at radius 2 is 1.45 bits per heavy atom. The monoisotopic (exact) mass is 436 g/mol. The van der Waals surface area contributed by atoms with Crippen molar-refractivity contribution >= 4 is 27.4 Å². The van der Waals surface area contributed by atoms with Crippen LogP contribution in [0.2, 0.25) is 0 Å². The van der Waals surface area contributed by atoms with Crippen molar-refractivity contribution in [3.8, 4) is 0 Å². The molecule has 160 valence electrons. The van der Waals surface area contributed by atoms with Crippen molar-refractivity contribution in [1.82, 2.24) is 4.72 Å². The Morgan fingerprint density at radius 1 is 0.839 bits per heavy atom. The second-order valence-electron chi connectivity index (χ2n) is 7.37. The summed E-state index contributed by atoms with van der Waals surface area (Å²) in [4.78, 5) is 23.9. The van der Waals surface area contributed by atoms with Gasteiger partial charge in [0, 0.05) is 23.4 Å². The Labute approximate surface area is 182 Å². The third kappa shape index (κ3) is 5.65. The van der Waals surface area contributed by atoms with Crippen molar-refractivity contribution in [3.63, 3.8) is 0 Å². The fourth-order valence-corrected chi connectivity index (χ4v) is 4.07. The molecule has 3 aromatic rings. The van der Waals surface area contributed by atoms with Gasteiger partial charge in [0.2, 0.25) is 10.0 Å². The van der Waals surface area contributed by atoms with Gasteiger partial charge in [-0.2, -0.15) is 0 Å². The van der Waals surface area contributed by atoms with Crippen molar-refractivity contribution in [2.45, 2.75) is 32.2 Å². The smallest absolute Gasteiger partial charge is 0.255 e. The van der Waals surface area contributed by atoms with E-state index in [4.69, 9.17) is 0 Å². The second-order valence-corrected chi connectivity index (χ2v) is 9.14. The molecule has 0 aliphatic rings. The minimum Gasteiger partial charge on any atom is -0.322 e. The zero-order chi connectivity index (χ0) is 22.6. The molecular formula is C24H24N2O4S. The lowest BCUT2D eigenvalue weighted by Gasteiger charge is -2.10. The van der Waals surface area contributed by atoms with E-state index in [2.05, 4.69) is 10.0 Å². The van der Waals surface area contributed by atoms with Crippen LogP contribution in [0.5, 0.6) is 0 Å². The molecule has 0 unspecified atom stereocenters. The van der Waals surface area contributed by atoms with E-state index >= 15 is 0 Å². The molecule has 0 spiro atoms. The Bertz CT molecular complexity index is 1220. The molecule has 0 aliphatic carbocycles. The molecule has 0 radical (unpaired) electrons. The zero-order valence-corrected chi connectivity index (χ0v) is 18.4. The Hall–Kier alpha value is -3.29. The standard InChI is InChI=1S/C24H24N2O4S/c1-16-4-13-23(17(2)14-16)26-24(28)21-7-5-19(6-8-21)15-25-31(29,30)22-11-9-20(10-12-22)18(3)27/h4-14,25H,15H2,1-3H3,(H,26,28). The Balaban J connectivity index is 1.63. The molecule has 6 nitrogen and oxygen atoms in total. The predicted octanol–water partition coefficient (Wildman–Crippen LogP) is 4.24. The van der Waals surface area contributed by atoms with Gasteiger partial charge >= 0.3 is 0 Å². The summed E-state index contributed by atoms with van der Waals surface area (Å²) in [5, 5.41) is 2.89. The number of anilines is 1. The number of nitrogens with one attached hydrogen (secondary N) is 2. The van der Waals surface area contributed by atoms with Crippen molar-refractivity contribution in [2.75, 3.05) is 5.32 Å². The number of rotatable bonds is 7. The summed E-state index contributed by atoms with van der Waals surface area (Å²) in [6, 6.07) is 18.3. The SMILES string of the molecule is CC(=O)c1ccc(S(=O)(=O)NCc2ccc(C(=O)Nc3ccc(C)cc3C)cc2)cc1. The van der Waals surface area contributed by atoms with Gasteiger partial charge in [-0.1, -0.05) is 42.0 Å². The van der Waals surface area contributed by atoms with Gasteiger partial charge in [-0.3, -0.25) is 9.59 Å². The number of carbonyl (C=O) groups excluding carboxylic acids is 2. The van der Waals surface area contributed by atoms with Crippen LogP contribution in [-0.4, -0.2) is 20.1 Å². The quantitative estimate of drug-likeness (QED) is 0.542. The van der Waals surface area contributed by atoms with Gasteiger partial charge in [-0.15, -0.1) is 0 Å². The molecule has 0 fully saturated rings. The van der Waals surface area contributed by atoms with E-state index in [-0.39, 0.29) is 23.1 Å². The van der Waals surface area contributed by atoms with Crippen LogP contribution in [0.1, 0.15) is 44.3 Å². The maximum Gasteiger partial charge on any atom is 0.255 e. The van der Waals surface area contributed by atoms with Gasteiger partial charge in [0.1, 0.15) is 0 Å². The topological polar surface area (TPSA) is 92.3 Å². The maximum atomic E-state index is 12.5. The molecule has 2 N–H and O–H groups in total. The highest BCUT2D eigenvalue weighted by Gasteiger charge is 2.14. The zero-order valence-electron chi connectivity index (χ0n) is 17.6. The number of aryl methyl sites for hydroxylation is 2. The highest BCUT2D eigenvalue weighted by atomic mass is 32.2. The fraction of sp³-hybridized carbons (Fsp3) is 0.167.